The third-order valence-corrected chi connectivity index (χ3v) is 2.83. The molecule has 0 aliphatic heterocycles. The van der Waals surface area contributed by atoms with E-state index in [2.05, 4.69) is 0 Å². The van der Waals surface area contributed by atoms with Crippen molar-refractivity contribution >= 4 is 12.6 Å². The maximum Gasteiger partial charge on any atom is 2.00 e. The summed E-state index contributed by atoms with van der Waals surface area (Å²) in [5, 5.41) is 17.7. The molecular weight excluding hydrogens is 310 g/mol. The zero-order valence-electron chi connectivity index (χ0n) is 11.1. The molecule has 108 valence electrons. The summed E-state index contributed by atoms with van der Waals surface area (Å²) < 4.78 is 13.4. The molecule has 3 aromatic rings. The second-order valence-electron chi connectivity index (χ2n) is 4.25. The first kappa shape index (κ1) is 17.4. The average molecular weight is 324 g/mol. The van der Waals surface area contributed by atoms with Crippen LogP contribution in [0.25, 0.3) is 11.1 Å². The van der Waals surface area contributed by atoms with Gasteiger partial charge in [0.15, 0.2) is 0 Å². The van der Waals surface area contributed by atoms with Crippen molar-refractivity contribution in [3.8, 4) is 11.1 Å². The van der Waals surface area contributed by atoms with Crippen LogP contribution >= 0.6 is 0 Å². The SMILES string of the molecule is OB(O)c1ccc(-[c-]2cccc2)cc1F.[Fe+2].c1cc[cH-]c1. The minimum atomic E-state index is -1.77. The largest absolute Gasteiger partial charge is 2.00 e. The molecule has 0 aliphatic rings. The second kappa shape index (κ2) is 8.60. The van der Waals surface area contributed by atoms with Crippen molar-refractivity contribution in [3.63, 3.8) is 0 Å². The van der Waals surface area contributed by atoms with Crippen LogP contribution in [0.5, 0.6) is 0 Å². The zero-order valence-corrected chi connectivity index (χ0v) is 12.2. The monoisotopic (exact) mass is 324 g/mol. The van der Waals surface area contributed by atoms with Gasteiger partial charge in [-0.2, -0.15) is 30.3 Å². The van der Waals surface area contributed by atoms with Crippen molar-refractivity contribution in [2.45, 2.75) is 0 Å². The molecule has 21 heavy (non-hydrogen) atoms. The predicted octanol–water partition coefficient (Wildman–Crippen LogP) is 2.29. The quantitative estimate of drug-likeness (QED) is 0.561. The van der Waals surface area contributed by atoms with E-state index in [9.17, 15) is 4.39 Å². The molecule has 0 aromatic heterocycles. The molecule has 0 aliphatic carbocycles. The standard InChI is InChI=1S/C11H9BFO2.C5H5.Fe/c13-11-7-9(8-3-1-2-4-8)5-6-10(11)12(14)15;1-2-4-5-3-1;/h1-7,14-15H;1-5H;/q2*-1;+2. The molecule has 5 heteroatoms. The van der Waals surface area contributed by atoms with Crippen LogP contribution < -0.4 is 5.46 Å². The Morgan fingerprint density at radius 2 is 1.62 bits per heavy atom. The summed E-state index contributed by atoms with van der Waals surface area (Å²) in [6.07, 6.45) is 0. The van der Waals surface area contributed by atoms with Gasteiger partial charge in [-0.3, -0.25) is 0 Å². The van der Waals surface area contributed by atoms with Crippen LogP contribution in [-0.2, 0) is 17.1 Å². The topological polar surface area (TPSA) is 40.5 Å². The normalized spacial score (nSPS) is 9.29. The summed E-state index contributed by atoms with van der Waals surface area (Å²) >= 11 is 0. The third-order valence-electron chi connectivity index (χ3n) is 2.83. The van der Waals surface area contributed by atoms with Crippen molar-refractivity contribution in [1.29, 1.82) is 0 Å². The van der Waals surface area contributed by atoms with E-state index < -0.39 is 12.9 Å². The number of benzene rings is 1. The molecule has 3 aromatic carbocycles. The van der Waals surface area contributed by atoms with Crippen LogP contribution in [0.15, 0.2) is 72.8 Å². The molecule has 0 radical (unpaired) electrons. The Morgan fingerprint density at radius 1 is 1.00 bits per heavy atom. The van der Waals surface area contributed by atoms with Gasteiger partial charge in [0.25, 0.3) is 0 Å². The minimum Gasteiger partial charge on any atom is -0.423 e. The Morgan fingerprint density at radius 3 is 2.05 bits per heavy atom. The van der Waals surface area contributed by atoms with Crippen LogP contribution in [0.2, 0.25) is 0 Å². The van der Waals surface area contributed by atoms with Gasteiger partial charge in [0.05, 0.1) is 5.82 Å². The van der Waals surface area contributed by atoms with E-state index >= 15 is 0 Å². The van der Waals surface area contributed by atoms with E-state index in [1.165, 1.54) is 12.1 Å². The van der Waals surface area contributed by atoms with Crippen LogP contribution in [-0.4, -0.2) is 17.2 Å². The number of hydrogen-bond acceptors (Lipinski definition) is 2. The van der Waals surface area contributed by atoms with Gasteiger partial charge in [-0.15, -0.1) is 23.8 Å². The van der Waals surface area contributed by atoms with E-state index in [1.54, 1.807) is 6.07 Å². The molecule has 0 saturated heterocycles. The first-order valence-corrected chi connectivity index (χ1v) is 6.23. The molecule has 0 saturated carbocycles. The van der Waals surface area contributed by atoms with Crippen molar-refractivity contribution in [1.82, 2.24) is 0 Å². The number of halogens is 1. The molecule has 2 N–H and O–H groups in total. The molecular formula is C16H14BFFeO2. The van der Waals surface area contributed by atoms with E-state index in [-0.39, 0.29) is 22.5 Å². The van der Waals surface area contributed by atoms with E-state index in [0.29, 0.717) is 0 Å². The van der Waals surface area contributed by atoms with Gasteiger partial charge in [-0.05, 0) is 0 Å². The molecule has 0 bridgehead atoms. The van der Waals surface area contributed by atoms with E-state index in [4.69, 9.17) is 10.0 Å². The Labute approximate surface area is 134 Å². The third kappa shape index (κ3) is 4.99. The minimum absolute atomic E-state index is 0. The maximum atomic E-state index is 13.4. The van der Waals surface area contributed by atoms with Gasteiger partial charge in [-0.25, -0.2) is 16.5 Å². The summed E-state index contributed by atoms with van der Waals surface area (Å²) in [5.41, 5.74) is 1.53. The van der Waals surface area contributed by atoms with Gasteiger partial charge in [0, 0.05) is 5.46 Å². The Hall–Kier alpha value is -1.65. The second-order valence-corrected chi connectivity index (χ2v) is 4.25. The molecule has 0 spiro atoms. The summed E-state index contributed by atoms with van der Waals surface area (Å²) in [4.78, 5) is 0. The summed E-state index contributed by atoms with van der Waals surface area (Å²) in [5.74, 6) is -0.608. The van der Waals surface area contributed by atoms with Gasteiger partial charge in [-0.1, -0.05) is 17.7 Å². The number of hydrogen-bond donors (Lipinski definition) is 2. The maximum absolute atomic E-state index is 13.4. The van der Waals surface area contributed by atoms with Gasteiger partial charge in [0.2, 0.25) is 0 Å². The molecule has 3 rings (SSSR count). The van der Waals surface area contributed by atoms with E-state index in [1.807, 2.05) is 54.6 Å². The molecule has 0 unspecified atom stereocenters. The fraction of sp³-hybridized carbons (Fsp3) is 0. The molecule has 0 fully saturated rings. The Balaban J connectivity index is 0.000000313. The summed E-state index contributed by atoms with van der Waals surface area (Å²) in [7, 11) is -1.77. The summed E-state index contributed by atoms with van der Waals surface area (Å²) in [6.45, 7) is 0. The first-order valence-electron chi connectivity index (χ1n) is 6.23. The predicted molar refractivity (Wildman–Crippen MR) is 79.3 cm³/mol. The van der Waals surface area contributed by atoms with Gasteiger partial charge in [0.1, 0.15) is 0 Å². The van der Waals surface area contributed by atoms with Crippen molar-refractivity contribution in [2.75, 3.05) is 0 Å². The Kier molecular flexibility index (Phi) is 7.13. The summed E-state index contributed by atoms with van der Waals surface area (Å²) in [6, 6.07) is 21.8. The van der Waals surface area contributed by atoms with Gasteiger partial charge < -0.3 is 10.0 Å². The smallest absolute Gasteiger partial charge is 0.423 e. The fourth-order valence-electron chi connectivity index (χ4n) is 1.80. The van der Waals surface area contributed by atoms with Crippen molar-refractivity contribution in [3.05, 3.63) is 78.6 Å². The van der Waals surface area contributed by atoms with Gasteiger partial charge >= 0.3 is 24.2 Å². The fourth-order valence-corrected chi connectivity index (χ4v) is 1.80. The molecule has 0 heterocycles. The number of rotatable bonds is 2. The Bertz CT molecular complexity index is 605. The van der Waals surface area contributed by atoms with Crippen LogP contribution in [0, 0.1) is 5.82 Å². The molecule has 0 amide bonds. The van der Waals surface area contributed by atoms with Crippen molar-refractivity contribution < 1.29 is 31.5 Å². The van der Waals surface area contributed by atoms with Crippen LogP contribution in [0.3, 0.4) is 0 Å². The zero-order chi connectivity index (χ0) is 14.4. The van der Waals surface area contributed by atoms with Crippen molar-refractivity contribution in [2.24, 2.45) is 0 Å². The van der Waals surface area contributed by atoms with Crippen LogP contribution in [0.1, 0.15) is 0 Å². The van der Waals surface area contributed by atoms with Crippen LogP contribution in [0.4, 0.5) is 4.39 Å². The molecule has 0 atom stereocenters. The average Bonchev–Trinajstić information content (AvgIpc) is 3.14. The van der Waals surface area contributed by atoms with E-state index in [0.717, 1.165) is 11.1 Å². The first-order chi connectivity index (χ1) is 9.68. The molecule has 2 nitrogen and oxygen atoms in total.